The Bertz CT molecular complexity index is 396. The van der Waals surface area contributed by atoms with Gasteiger partial charge in [0.1, 0.15) is 12.1 Å². The van der Waals surface area contributed by atoms with Crippen LogP contribution in [-0.2, 0) is 9.59 Å². The molecule has 2 atom stereocenters. The number of thioether (sulfide) groups is 1. The maximum absolute atomic E-state index is 12.9. The van der Waals surface area contributed by atoms with E-state index in [1.54, 1.807) is 16.7 Å². The van der Waals surface area contributed by atoms with Crippen LogP contribution in [0.4, 0.5) is 0 Å². The predicted molar refractivity (Wildman–Crippen MR) is 89.3 cm³/mol. The highest BCUT2D eigenvalue weighted by atomic mass is 32.2. The summed E-state index contributed by atoms with van der Waals surface area (Å²) in [6.07, 6.45) is 0. The van der Waals surface area contributed by atoms with Crippen molar-refractivity contribution in [2.45, 2.75) is 60.5 Å². The molecule has 5 heteroatoms. The fraction of sp³-hybridized carbons (Fsp3) is 0.875. The molecule has 21 heavy (non-hydrogen) atoms. The van der Waals surface area contributed by atoms with Crippen molar-refractivity contribution in [3.05, 3.63) is 0 Å². The van der Waals surface area contributed by atoms with Crippen LogP contribution in [0.2, 0.25) is 0 Å². The van der Waals surface area contributed by atoms with Crippen LogP contribution in [0.3, 0.4) is 0 Å². The molecule has 0 saturated carbocycles. The lowest BCUT2D eigenvalue weighted by Gasteiger charge is -2.47. The first kappa shape index (κ1) is 18.3. The Labute approximate surface area is 133 Å². The van der Waals surface area contributed by atoms with Crippen LogP contribution in [0.1, 0.15) is 48.5 Å². The summed E-state index contributed by atoms with van der Waals surface area (Å²) in [4.78, 5) is 27.2. The number of carbonyl (C=O) groups excluding carboxylic acids is 2. The smallest absolute Gasteiger partial charge is 0.246 e. The highest BCUT2D eigenvalue weighted by molar-refractivity contribution is 7.99. The van der Waals surface area contributed by atoms with E-state index < -0.39 is 6.04 Å². The molecule has 1 aliphatic rings. The van der Waals surface area contributed by atoms with E-state index in [0.29, 0.717) is 6.54 Å². The lowest BCUT2D eigenvalue weighted by Crippen LogP contribution is -2.69. The topological polar surface area (TPSA) is 49.4 Å². The minimum absolute atomic E-state index is 0.0245. The standard InChI is InChI=1S/C16H30N2O2S/c1-8-21-10-9-18-12(16(5,6)7)13(19)17-11(14(18)20)15(2,3)4/h11-12H,8-10H2,1-7H3,(H,17,19). The second-order valence-electron chi connectivity index (χ2n) is 7.80. The van der Waals surface area contributed by atoms with Gasteiger partial charge in [-0.2, -0.15) is 11.8 Å². The number of hydrogen-bond donors (Lipinski definition) is 1. The largest absolute Gasteiger partial charge is 0.342 e. The highest BCUT2D eigenvalue weighted by Crippen LogP contribution is 2.32. The lowest BCUT2D eigenvalue weighted by atomic mass is 9.79. The quantitative estimate of drug-likeness (QED) is 0.811. The molecule has 122 valence electrons. The second kappa shape index (κ2) is 6.59. The first-order valence-electron chi connectivity index (χ1n) is 7.68. The van der Waals surface area contributed by atoms with Gasteiger partial charge in [0.15, 0.2) is 0 Å². The number of rotatable bonds is 4. The van der Waals surface area contributed by atoms with Crippen LogP contribution in [-0.4, -0.2) is 46.8 Å². The van der Waals surface area contributed by atoms with Gasteiger partial charge >= 0.3 is 0 Å². The molecular weight excluding hydrogens is 284 g/mol. The Kier molecular flexibility index (Phi) is 5.76. The van der Waals surface area contributed by atoms with Crippen LogP contribution in [0.15, 0.2) is 0 Å². The van der Waals surface area contributed by atoms with E-state index in [-0.39, 0.29) is 28.7 Å². The number of nitrogens with zero attached hydrogens (tertiary/aromatic N) is 1. The van der Waals surface area contributed by atoms with Gasteiger partial charge in [-0.25, -0.2) is 0 Å². The number of hydrogen-bond acceptors (Lipinski definition) is 3. The summed E-state index contributed by atoms with van der Waals surface area (Å²) < 4.78 is 0. The van der Waals surface area contributed by atoms with Gasteiger partial charge in [-0.3, -0.25) is 9.59 Å². The van der Waals surface area contributed by atoms with E-state index >= 15 is 0 Å². The van der Waals surface area contributed by atoms with E-state index in [0.717, 1.165) is 11.5 Å². The maximum Gasteiger partial charge on any atom is 0.246 e. The van der Waals surface area contributed by atoms with Crippen LogP contribution in [0.5, 0.6) is 0 Å². The molecule has 0 aromatic carbocycles. The summed E-state index contributed by atoms with van der Waals surface area (Å²) in [5, 5.41) is 2.95. The summed E-state index contributed by atoms with van der Waals surface area (Å²) in [5.74, 6) is 1.93. The third-order valence-corrected chi connectivity index (χ3v) is 4.62. The number of amides is 2. The number of carbonyl (C=O) groups is 2. The van der Waals surface area contributed by atoms with Crippen molar-refractivity contribution in [1.82, 2.24) is 10.2 Å². The Morgan fingerprint density at radius 1 is 1.10 bits per heavy atom. The van der Waals surface area contributed by atoms with Crippen molar-refractivity contribution < 1.29 is 9.59 Å². The third kappa shape index (κ3) is 4.38. The number of nitrogens with one attached hydrogen (secondary N) is 1. The fourth-order valence-corrected chi connectivity index (χ4v) is 3.33. The lowest BCUT2D eigenvalue weighted by molar-refractivity contribution is -0.156. The summed E-state index contributed by atoms with van der Waals surface area (Å²) in [6.45, 7) is 14.8. The summed E-state index contributed by atoms with van der Waals surface area (Å²) >= 11 is 1.80. The van der Waals surface area contributed by atoms with E-state index in [9.17, 15) is 9.59 Å². The highest BCUT2D eigenvalue weighted by Gasteiger charge is 2.48. The Balaban J connectivity index is 3.05. The molecule has 1 heterocycles. The SMILES string of the molecule is CCSCCN1C(=O)C(C(C)(C)C)NC(=O)C1C(C)(C)C. The van der Waals surface area contributed by atoms with Gasteiger partial charge < -0.3 is 10.2 Å². The minimum Gasteiger partial charge on any atom is -0.342 e. The van der Waals surface area contributed by atoms with E-state index in [1.165, 1.54) is 0 Å². The molecule has 2 unspecified atom stereocenters. The van der Waals surface area contributed by atoms with Crippen molar-refractivity contribution in [3.8, 4) is 0 Å². The van der Waals surface area contributed by atoms with Gasteiger partial charge in [-0.15, -0.1) is 0 Å². The summed E-state index contributed by atoms with van der Waals surface area (Å²) in [6, 6.07) is -0.823. The monoisotopic (exact) mass is 314 g/mol. The zero-order valence-corrected chi connectivity index (χ0v) is 15.3. The van der Waals surface area contributed by atoms with Gasteiger partial charge in [0.05, 0.1) is 0 Å². The van der Waals surface area contributed by atoms with Crippen molar-refractivity contribution in [3.63, 3.8) is 0 Å². The molecule has 0 bridgehead atoms. The molecular formula is C16H30N2O2S. The number of piperazine rings is 1. The Morgan fingerprint density at radius 3 is 2.10 bits per heavy atom. The van der Waals surface area contributed by atoms with E-state index in [4.69, 9.17) is 0 Å². The Morgan fingerprint density at radius 2 is 1.67 bits per heavy atom. The first-order valence-corrected chi connectivity index (χ1v) is 8.84. The van der Waals surface area contributed by atoms with Crippen molar-refractivity contribution >= 4 is 23.6 Å². The molecule has 0 spiro atoms. The van der Waals surface area contributed by atoms with Gasteiger partial charge in [0.25, 0.3) is 0 Å². The summed E-state index contributed by atoms with van der Waals surface area (Å²) in [7, 11) is 0. The van der Waals surface area contributed by atoms with Gasteiger partial charge in [-0.1, -0.05) is 48.5 Å². The molecule has 1 fully saturated rings. The van der Waals surface area contributed by atoms with E-state index in [2.05, 4.69) is 12.2 Å². The molecule has 1 aliphatic heterocycles. The molecule has 2 amide bonds. The molecule has 0 aromatic rings. The molecule has 1 N–H and O–H groups in total. The maximum atomic E-state index is 12.9. The third-order valence-electron chi connectivity index (χ3n) is 3.74. The van der Waals surface area contributed by atoms with Crippen LogP contribution in [0.25, 0.3) is 0 Å². The normalized spacial score (nSPS) is 24.2. The van der Waals surface area contributed by atoms with Gasteiger partial charge in [0, 0.05) is 12.3 Å². The minimum atomic E-state index is -0.435. The van der Waals surface area contributed by atoms with Crippen LogP contribution < -0.4 is 5.32 Å². The molecule has 0 aliphatic carbocycles. The zero-order valence-electron chi connectivity index (χ0n) is 14.4. The average molecular weight is 314 g/mol. The van der Waals surface area contributed by atoms with Crippen molar-refractivity contribution in [1.29, 1.82) is 0 Å². The van der Waals surface area contributed by atoms with Crippen molar-refractivity contribution in [2.24, 2.45) is 10.8 Å². The summed E-state index contributed by atoms with van der Waals surface area (Å²) in [5.41, 5.74) is -0.536. The van der Waals surface area contributed by atoms with E-state index in [1.807, 2.05) is 41.5 Å². The molecule has 1 saturated heterocycles. The van der Waals surface area contributed by atoms with Gasteiger partial charge in [0.2, 0.25) is 11.8 Å². The van der Waals surface area contributed by atoms with Crippen LogP contribution in [0, 0.1) is 10.8 Å². The predicted octanol–water partition coefficient (Wildman–Crippen LogP) is 2.53. The average Bonchev–Trinajstić information content (AvgIpc) is 2.30. The van der Waals surface area contributed by atoms with Gasteiger partial charge in [-0.05, 0) is 16.6 Å². The first-order chi connectivity index (χ1) is 9.50. The molecule has 4 nitrogen and oxygen atoms in total. The van der Waals surface area contributed by atoms with Crippen LogP contribution >= 0.6 is 11.8 Å². The molecule has 1 rings (SSSR count). The second-order valence-corrected chi connectivity index (χ2v) is 9.20. The molecule has 0 aromatic heterocycles. The fourth-order valence-electron chi connectivity index (χ4n) is 2.71. The zero-order chi connectivity index (χ0) is 16.4. The van der Waals surface area contributed by atoms with Crippen molar-refractivity contribution in [2.75, 3.05) is 18.1 Å². The Hall–Kier alpha value is -0.710. The molecule has 0 radical (unpaired) electrons.